The number of hydrogen-bond acceptors (Lipinski definition) is 0. The summed E-state index contributed by atoms with van der Waals surface area (Å²) in [6, 6.07) is 37.5. The predicted octanol–water partition coefficient (Wildman–Crippen LogP) is 9.38. The molecule has 34 heavy (non-hydrogen) atoms. The summed E-state index contributed by atoms with van der Waals surface area (Å²) < 4.78 is 0. The zero-order valence-electron chi connectivity index (χ0n) is 20.3. The van der Waals surface area contributed by atoms with E-state index < -0.39 is 0 Å². The minimum Gasteiger partial charge on any atom is -0.0917 e. The van der Waals surface area contributed by atoms with Gasteiger partial charge in [0.1, 0.15) is 0 Å². The highest BCUT2D eigenvalue weighted by Gasteiger charge is 2.06. The highest BCUT2D eigenvalue weighted by atomic mass is 14.1. The average molecular weight is 443 g/mol. The van der Waals surface area contributed by atoms with Crippen LogP contribution in [0.2, 0.25) is 0 Å². The second-order valence-electron chi connectivity index (χ2n) is 9.02. The Hall–Kier alpha value is -3.64. The maximum Gasteiger partial charge on any atom is -0.0150 e. The molecule has 4 aromatic carbocycles. The van der Waals surface area contributed by atoms with Gasteiger partial charge in [0.05, 0.1) is 0 Å². The van der Waals surface area contributed by atoms with Crippen molar-refractivity contribution in [2.24, 2.45) is 0 Å². The monoisotopic (exact) mass is 442 g/mol. The van der Waals surface area contributed by atoms with Crippen molar-refractivity contribution in [3.05, 3.63) is 143 Å². The summed E-state index contributed by atoms with van der Waals surface area (Å²) in [7, 11) is 0. The van der Waals surface area contributed by atoms with Gasteiger partial charge < -0.3 is 0 Å². The molecular weight excluding hydrogens is 408 g/mol. The minimum atomic E-state index is 0.524. The first-order valence-corrected chi connectivity index (χ1v) is 12.3. The van der Waals surface area contributed by atoms with Gasteiger partial charge in [0.25, 0.3) is 0 Å². The van der Waals surface area contributed by atoms with Gasteiger partial charge in [-0.15, -0.1) is 0 Å². The van der Waals surface area contributed by atoms with Gasteiger partial charge in [-0.25, -0.2) is 0 Å². The molecule has 0 amide bonds. The van der Waals surface area contributed by atoms with Crippen molar-refractivity contribution >= 4 is 12.2 Å². The normalized spacial score (nSPS) is 12.4. The molecule has 1 atom stereocenters. The molecule has 0 N–H and O–H groups in total. The van der Waals surface area contributed by atoms with Crippen molar-refractivity contribution < 1.29 is 0 Å². The van der Waals surface area contributed by atoms with Crippen molar-refractivity contribution in [1.82, 2.24) is 0 Å². The Balaban J connectivity index is 1.34. The SMILES string of the molecule is C/C=C/CCc1ccc(-c2ccc(C=Cc3ccc(C[C@H](C)c4ccccc4)cc3)cc2)cc1. The lowest BCUT2D eigenvalue weighted by Crippen LogP contribution is -1.98. The lowest BCUT2D eigenvalue weighted by atomic mass is 9.93. The van der Waals surface area contributed by atoms with Gasteiger partial charge in [-0.3, -0.25) is 0 Å². The summed E-state index contributed by atoms with van der Waals surface area (Å²) in [5.74, 6) is 0.524. The summed E-state index contributed by atoms with van der Waals surface area (Å²) >= 11 is 0. The van der Waals surface area contributed by atoms with Gasteiger partial charge in [-0.05, 0) is 71.0 Å². The largest absolute Gasteiger partial charge is 0.0917 e. The second kappa shape index (κ2) is 12.0. The van der Waals surface area contributed by atoms with Gasteiger partial charge in [0, 0.05) is 0 Å². The molecule has 4 rings (SSSR count). The lowest BCUT2D eigenvalue weighted by molar-refractivity contribution is 0.759. The Morgan fingerprint density at radius 3 is 1.74 bits per heavy atom. The van der Waals surface area contributed by atoms with E-state index in [1.54, 1.807) is 0 Å². The van der Waals surface area contributed by atoms with E-state index in [-0.39, 0.29) is 0 Å². The topological polar surface area (TPSA) is 0 Å². The lowest BCUT2D eigenvalue weighted by Gasteiger charge is -2.12. The Morgan fingerprint density at radius 1 is 0.618 bits per heavy atom. The van der Waals surface area contributed by atoms with Crippen LogP contribution in [-0.2, 0) is 12.8 Å². The van der Waals surface area contributed by atoms with Crippen molar-refractivity contribution in [2.45, 2.75) is 39.0 Å². The summed E-state index contributed by atoms with van der Waals surface area (Å²) in [5.41, 5.74) is 9.14. The van der Waals surface area contributed by atoms with Crippen LogP contribution < -0.4 is 0 Å². The first-order valence-electron chi connectivity index (χ1n) is 12.3. The molecule has 0 unspecified atom stereocenters. The van der Waals surface area contributed by atoms with Crippen LogP contribution in [0.5, 0.6) is 0 Å². The molecule has 0 radical (unpaired) electrons. The van der Waals surface area contributed by atoms with Crippen molar-refractivity contribution in [2.75, 3.05) is 0 Å². The molecule has 0 spiro atoms. The molecule has 4 aromatic rings. The average Bonchev–Trinajstić information content (AvgIpc) is 2.90. The van der Waals surface area contributed by atoms with E-state index in [0.29, 0.717) is 5.92 Å². The van der Waals surface area contributed by atoms with E-state index in [1.165, 1.54) is 38.9 Å². The molecule has 0 aliphatic heterocycles. The molecule has 0 heterocycles. The molecular formula is C34H34. The van der Waals surface area contributed by atoms with E-state index >= 15 is 0 Å². The number of rotatable bonds is 9. The smallest absolute Gasteiger partial charge is 0.0150 e. The Kier molecular flexibility index (Phi) is 8.30. The number of allylic oxidation sites excluding steroid dienone is 2. The molecule has 0 aliphatic carbocycles. The van der Waals surface area contributed by atoms with E-state index in [9.17, 15) is 0 Å². The van der Waals surface area contributed by atoms with Gasteiger partial charge in [0.15, 0.2) is 0 Å². The van der Waals surface area contributed by atoms with Gasteiger partial charge >= 0.3 is 0 Å². The molecule has 0 aromatic heterocycles. The van der Waals surface area contributed by atoms with Crippen LogP contribution in [-0.4, -0.2) is 0 Å². The molecule has 170 valence electrons. The molecule has 0 nitrogen and oxygen atoms in total. The quantitative estimate of drug-likeness (QED) is 0.179. The summed E-state index contributed by atoms with van der Waals surface area (Å²) in [4.78, 5) is 0. The maximum atomic E-state index is 2.30. The zero-order chi connectivity index (χ0) is 23.6. The second-order valence-corrected chi connectivity index (χ2v) is 9.02. The summed E-state index contributed by atoms with van der Waals surface area (Å²) in [5, 5.41) is 0. The van der Waals surface area contributed by atoms with E-state index in [2.05, 4.69) is 141 Å². The van der Waals surface area contributed by atoms with Crippen molar-refractivity contribution in [1.29, 1.82) is 0 Å². The Bertz CT molecular complexity index is 1190. The fourth-order valence-electron chi connectivity index (χ4n) is 4.28. The number of benzene rings is 4. The zero-order valence-corrected chi connectivity index (χ0v) is 20.3. The van der Waals surface area contributed by atoms with Gasteiger partial charge in [-0.1, -0.05) is 134 Å². The van der Waals surface area contributed by atoms with Gasteiger partial charge in [-0.2, -0.15) is 0 Å². The summed E-state index contributed by atoms with van der Waals surface area (Å²) in [6.45, 7) is 4.37. The first-order chi connectivity index (χ1) is 16.7. The standard InChI is InChI=1S/C34H34/c1-3-4-6-9-28-18-22-33(23-19-28)34-24-20-30(21-25-34)13-12-29-14-16-31(17-15-29)26-27(2)32-10-7-5-8-11-32/h3-5,7-8,10-25,27H,6,9,26H2,1-2H3/b4-3+,13-12?/t27-/m0/s1. The Morgan fingerprint density at radius 2 is 1.15 bits per heavy atom. The molecule has 0 aliphatic rings. The Labute approximate surface area is 205 Å². The first kappa shape index (κ1) is 23.5. The van der Waals surface area contributed by atoms with Crippen molar-refractivity contribution in [3.8, 4) is 11.1 Å². The van der Waals surface area contributed by atoms with Gasteiger partial charge in [0.2, 0.25) is 0 Å². The number of aryl methyl sites for hydroxylation is 1. The highest BCUT2D eigenvalue weighted by Crippen LogP contribution is 2.23. The molecule has 0 saturated carbocycles. The van der Waals surface area contributed by atoms with Crippen LogP contribution in [0.4, 0.5) is 0 Å². The van der Waals surface area contributed by atoms with E-state index in [1.807, 2.05) is 0 Å². The third kappa shape index (κ3) is 6.68. The fraction of sp³-hybridized carbons (Fsp3) is 0.176. The van der Waals surface area contributed by atoms with Crippen LogP contribution in [0.15, 0.2) is 115 Å². The van der Waals surface area contributed by atoms with Crippen LogP contribution in [0.1, 0.15) is 54.0 Å². The maximum absolute atomic E-state index is 2.30. The van der Waals surface area contributed by atoms with Crippen LogP contribution >= 0.6 is 0 Å². The van der Waals surface area contributed by atoms with E-state index in [4.69, 9.17) is 0 Å². The van der Waals surface area contributed by atoms with Crippen molar-refractivity contribution in [3.63, 3.8) is 0 Å². The third-order valence-corrected chi connectivity index (χ3v) is 6.39. The van der Waals surface area contributed by atoms with E-state index in [0.717, 1.165) is 19.3 Å². The molecule has 0 heteroatoms. The predicted molar refractivity (Wildman–Crippen MR) is 149 cm³/mol. The summed E-state index contributed by atoms with van der Waals surface area (Å²) in [6.07, 6.45) is 12.0. The minimum absolute atomic E-state index is 0.524. The number of hydrogen-bond donors (Lipinski definition) is 0. The highest BCUT2D eigenvalue weighted by molar-refractivity contribution is 5.72. The van der Waals surface area contributed by atoms with Crippen LogP contribution in [0.25, 0.3) is 23.3 Å². The third-order valence-electron chi connectivity index (χ3n) is 6.39. The molecule has 0 fully saturated rings. The molecule has 0 bridgehead atoms. The van der Waals surface area contributed by atoms with Crippen LogP contribution in [0, 0.1) is 0 Å². The van der Waals surface area contributed by atoms with Crippen LogP contribution in [0.3, 0.4) is 0 Å². The molecule has 0 saturated heterocycles. The fourth-order valence-corrected chi connectivity index (χ4v) is 4.28.